The van der Waals surface area contributed by atoms with Gasteiger partial charge in [0.25, 0.3) is 5.91 Å². The van der Waals surface area contributed by atoms with Gasteiger partial charge in [0, 0.05) is 16.8 Å². The highest BCUT2D eigenvalue weighted by Gasteiger charge is 2.19. The third kappa shape index (κ3) is 5.46. The summed E-state index contributed by atoms with van der Waals surface area (Å²) in [5.41, 5.74) is 4.68. The van der Waals surface area contributed by atoms with Gasteiger partial charge in [0.1, 0.15) is 5.52 Å². The summed E-state index contributed by atoms with van der Waals surface area (Å²) in [6.45, 7) is 11.3. The number of nitrogens with one attached hydrogen (secondary N) is 1. The van der Waals surface area contributed by atoms with Gasteiger partial charge in [0.05, 0.1) is 19.8 Å². The molecule has 36 heavy (non-hydrogen) atoms. The van der Waals surface area contributed by atoms with Crippen LogP contribution in [0.25, 0.3) is 22.6 Å². The van der Waals surface area contributed by atoms with Crippen molar-refractivity contribution in [2.75, 3.05) is 25.1 Å². The summed E-state index contributed by atoms with van der Waals surface area (Å²) in [4.78, 5) is 17.7. The zero-order valence-electron chi connectivity index (χ0n) is 21.4. The van der Waals surface area contributed by atoms with Crippen LogP contribution >= 0.6 is 0 Å². The van der Waals surface area contributed by atoms with E-state index in [-0.39, 0.29) is 5.91 Å². The minimum absolute atomic E-state index is 0.282. The van der Waals surface area contributed by atoms with E-state index in [0.29, 0.717) is 60.1 Å². The molecule has 0 spiro atoms. The van der Waals surface area contributed by atoms with Gasteiger partial charge in [-0.3, -0.25) is 4.79 Å². The number of carbonyl (C=O) groups excluding carboxylic acids is 1. The Morgan fingerprint density at radius 3 is 2.11 bits per heavy atom. The third-order valence-electron chi connectivity index (χ3n) is 5.64. The quantitative estimate of drug-likeness (QED) is 0.257. The van der Waals surface area contributed by atoms with Gasteiger partial charge in [-0.2, -0.15) is 0 Å². The van der Waals surface area contributed by atoms with E-state index in [0.717, 1.165) is 16.7 Å². The summed E-state index contributed by atoms with van der Waals surface area (Å²) < 4.78 is 23.1. The van der Waals surface area contributed by atoms with Crippen LogP contribution in [0.4, 0.5) is 5.69 Å². The largest absolute Gasteiger partial charge is 0.490 e. The smallest absolute Gasteiger partial charge is 0.255 e. The van der Waals surface area contributed by atoms with Gasteiger partial charge < -0.3 is 23.9 Å². The molecule has 188 valence electrons. The van der Waals surface area contributed by atoms with E-state index >= 15 is 0 Å². The first-order chi connectivity index (χ1) is 17.4. The van der Waals surface area contributed by atoms with E-state index in [4.69, 9.17) is 18.6 Å². The van der Waals surface area contributed by atoms with Crippen LogP contribution in [0, 0.1) is 0 Å². The number of aromatic nitrogens is 1. The standard InChI is InChI=1S/C29H32N2O5/c1-6-33-25-16-21(17-26(34-7-2)27(25)35-8-3)28(32)30-22-12-9-19(10-13-22)29-31-23-15-20(18(4)5)11-14-24(23)36-29/h9-18H,6-8H2,1-5H3,(H,30,32). The molecule has 3 aromatic carbocycles. The van der Waals surface area contributed by atoms with Crippen molar-refractivity contribution in [3.05, 3.63) is 65.7 Å². The topological polar surface area (TPSA) is 82.8 Å². The second kappa shape index (κ2) is 11.2. The van der Waals surface area contributed by atoms with Gasteiger partial charge in [-0.15, -0.1) is 0 Å². The van der Waals surface area contributed by atoms with E-state index in [1.54, 1.807) is 12.1 Å². The second-order valence-electron chi connectivity index (χ2n) is 8.53. The van der Waals surface area contributed by atoms with Gasteiger partial charge >= 0.3 is 0 Å². The maximum Gasteiger partial charge on any atom is 0.255 e. The van der Waals surface area contributed by atoms with Crippen LogP contribution in [0.5, 0.6) is 17.2 Å². The fourth-order valence-corrected chi connectivity index (χ4v) is 3.85. The normalized spacial score (nSPS) is 11.1. The van der Waals surface area contributed by atoms with E-state index in [1.165, 1.54) is 5.56 Å². The average molecular weight is 489 g/mol. The van der Waals surface area contributed by atoms with E-state index in [1.807, 2.05) is 51.1 Å². The first-order valence-corrected chi connectivity index (χ1v) is 12.3. The van der Waals surface area contributed by atoms with Crippen molar-refractivity contribution in [3.63, 3.8) is 0 Å². The number of ether oxygens (including phenoxy) is 3. The number of oxazole rings is 1. The summed E-state index contributed by atoms with van der Waals surface area (Å²) in [6, 6.07) is 16.8. The Balaban J connectivity index is 1.55. The molecule has 0 atom stereocenters. The van der Waals surface area contributed by atoms with Crippen molar-refractivity contribution in [2.24, 2.45) is 0 Å². The van der Waals surface area contributed by atoms with Gasteiger partial charge in [0.2, 0.25) is 11.6 Å². The second-order valence-corrected chi connectivity index (χ2v) is 8.53. The van der Waals surface area contributed by atoms with Crippen molar-refractivity contribution in [3.8, 4) is 28.7 Å². The molecule has 1 N–H and O–H groups in total. The Morgan fingerprint density at radius 2 is 1.53 bits per heavy atom. The first-order valence-electron chi connectivity index (χ1n) is 12.3. The number of nitrogens with zero attached hydrogens (tertiary/aromatic N) is 1. The molecule has 4 rings (SSSR count). The molecule has 0 unspecified atom stereocenters. The summed E-state index contributed by atoms with van der Waals surface area (Å²) in [7, 11) is 0. The number of amides is 1. The molecule has 0 radical (unpaired) electrons. The molecule has 7 heteroatoms. The molecule has 0 bridgehead atoms. The predicted molar refractivity (Wildman–Crippen MR) is 141 cm³/mol. The zero-order valence-corrected chi connectivity index (χ0v) is 21.4. The molecule has 1 heterocycles. The highest BCUT2D eigenvalue weighted by atomic mass is 16.5. The van der Waals surface area contributed by atoms with E-state index < -0.39 is 0 Å². The Bertz CT molecular complexity index is 1310. The number of benzene rings is 3. The van der Waals surface area contributed by atoms with Crippen LogP contribution in [-0.2, 0) is 0 Å². The lowest BCUT2D eigenvalue weighted by Gasteiger charge is -2.17. The zero-order chi connectivity index (χ0) is 25.7. The minimum atomic E-state index is -0.282. The van der Waals surface area contributed by atoms with Gasteiger partial charge in [-0.25, -0.2) is 4.98 Å². The van der Waals surface area contributed by atoms with Crippen LogP contribution in [0.2, 0.25) is 0 Å². The molecule has 0 fully saturated rings. The van der Waals surface area contributed by atoms with Gasteiger partial charge in [-0.05, 0) is 80.8 Å². The predicted octanol–water partition coefficient (Wildman–Crippen LogP) is 7.07. The molecular weight excluding hydrogens is 456 g/mol. The van der Waals surface area contributed by atoms with Crippen molar-refractivity contribution in [2.45, 2.75) is 40.5 Å². The summed E-state index contributed by atoms with van der Waals surface area (Å²) >= 11 is 0. The Kier molecular flexibility index (Phi) is 7.78. The molecule has 1 aromatic heterocycles. The Morgan fingerprint density at radius 1 is 0.889 bits per heavy atom. The molecular formula is C29H32N2O5. The third-order valence-corrected chi connectivity index (χ3v) is 5.64. The van der Waals surface area contributed by atoms with Crippen LogP contribution in [-0.4, -0.2) is 30.7 Å². The number of fused-ring (bicyclic) bond motifs is 1. The highest BCUT2D eigenvalue weighted by molar-refractivity contribution is 6.05. The lowest BCUT2D eigenvalue weighted by molar-refractivity contribution is 0.102. The SMILES string of the molecule is CCOc1cc(C(=O)Nc2ccc(-c3nc4cc(C(C)C)ccc4o3)cc2)cc(OCC)c1OCC. The lowest BCUT2D eigenvalue weighted by Crippen LogP contribution is -2.13. The Hall–Kier alpha value is -4.00. The van der Waals surface area contributed by atoms with E-state index in [2.05, 4.69) is 36.3 Å². The molecule has 0 saturated carbocycles. The average Bonchev–Trinajstić information content (AvgIpc) is 3.30. The molecule has 0 aliphatic rings. The monoisotopic (exact) mass is 488 g/mol. The number of hydrogen-bond donors (Lipinski definition) is 1. The number of hydrogen-bond acceptors (Lipinski definition) is 6. The minimum Gasteiger partial charge on any atom is -0.490 e. The van der Waals surface area contributed by atoms with Crippen LogP contribution in [0.15, 0.2) is 59.0 Å². The molecule has 0 aliphatic heterocycles. The number of rotatable bonds is 10. The number of anilines is 1. The van der Waals surface area contributed by atoms with Crippen molar-refractivity contribution >= 4 is 22.7 Å². The van der Waals surface area contributed by atoms with Crippen LogP contribution < -0.4 is 19.5 Å². The van der Waals surface area contributed by atoms with Gasteiger partial charge in [0.15, 0.2) is 17.1 Å². The fourth-order valence-electron chi connectivity index (χ4n) is 3.85. The maximum absolute atomic E-state index is 13.1. The highest BCUT2D eigenvalue weighted by Crippen LogP contribution is 2.39. The summed E-state index contributed by atoms with van der Waals surface area (Å²) in [5.74, 6) is 2.13. The summed E-state index contributed by atoms with van der Waals surface area (Å²) in [5, 5.41) is 2.93. The van der Waals surface area contributed by atoms with Crippen LogP contribution in [0.3, 0.4) is 0 Å². The molecule has 0 aliphatic carbocycles. The maximum atomic E-state index is 13.1. The van der Waals surface area contributed by atoms with E-state index in [9.17, 15) is 4.79 Å². The lowest BCUT2D eigenvalue weighted by atomic mass is 10.0. The molecule has 0 saturated heterocycles. The van der Waals surface area contributed by atoms with Crippen molar-refractivity contribution in [1.29, 1.82) is 0 Å². The van der Waals surface area contributed by atoms with Crippen molar-refractivity contribution < 1.29 is 23.4 Å². The molecule has 7 nitrogen and oxygen atoms in total. The van der Waals surface area contributed by atoms with Gasteiger partial charge in [-0.1, -0.05) is 19.9 Å². The molecule has 4 aromatic rings. The van der Waals surface area contributed by atoms with Crippen LogP contribution in [0.1, 0.15) is 56.5 Å². The molecule has 1 amide bonds. The fraction of sp³-hybridized carbons (Fsp3) is 0.310. The van der Waals surface area contributed by atoms with Crippen molar-refractivity contribution in [1.82, 2.24) is 4.98 Å². The first kappa shape index (κ1) is 25.1. The summed E-state index contributed by atoms with van der Waals surface area (Å²) in [6.07, 6.45) is 0. The Labute approximate surface area is 211 Å². The number of carbonyl (C=O) groups is 1.